The first kappa shape index (κ1) is 33.1. The van der Waals surface area contributed by atoms with Crippen LogP contribution in [0.2, 0.25) is 0 Å². The molecule has 0 amide bonds. The highest BCUT2D eigenvalue weighted by Crippen LogP contribution is 2.69. The van der Waals surface area contributed by atoms with E-state index in [4.69, 9.17) is 28.4 Å². The van der Waals surface area contributed by atoms with Gasteiger partial charge in [0.05, 0.1) is 42.2 Å². The van der Waals surface area contributed by atoms with Gasteiger partial charge in [0.1, 0.15) is 35.9 Å². The van der Waals surface area contributed by atoms with Crippen molar-refractivity contribution in [1.82, 2.24) is 0 Å². The minimum atomic E-state index is -1.57. The van der Waals surface area contributed by atoms with Crippen LogP contribution >= 0.6 is 0 Å². The molecule has 9 nitrogen and oxygen atoms in total. The third-order valence-corrected chi connectivity index (χ3v) is 9.78. The van der Waals surface area contributed by atoms with Crippen LogP contribution in [0, 0.1) is 11.3 Å². The molecule has 1 saturated heterocycles. The lowest BCUT2D eigenvalue weighted by Gasteiger charge is -2.66. The summed E-state index contributed by atoms with van der Waals surface area (Å²) in [5.41, 5.74) is -3.64. The molecule has 3 aliphatic rings. The van der Waals surface area contributed by atoms with Crippen molar-refractivity contribution in [1.29, 1.82) is 0 Å². The van der Waals surface area contributed by atoms with E-state index < -0.39 is 64.5 Å². The van der Waals surface area contributed by atoms with E-state index in [2.05, 4.69) is 6.58 Å². The maximum atomic E-state index is 12.7. The predicted octanol–water partition coefficient (Wildman–Crippen LogP) is 5.28. The molecule has 244 valence electrons. The molecular weight excluding hydrogens is 576 g/mol. The third-order valence-electron chi connectivity index (χ3n) is 9.78. The Morgan fingerprint density at radius 2 is 1.44 bits per heavy atom. The normalized spacial score (nSPS) is 34.8. The van der Waals surface area contributed by atoms with Gasteiger partial charge in [-0.15, -0.1) is 0 Å². The Morgan fingerprint density at radius 1 is 0.867 bits per heavy atom. The molecule has 0 aromatic heterocycles. The van der Waals surface area contributed by atoms with Crippen LogP contribution in [0.5, 0.6) is 0 Å². The number of carbonyl (C=O) groups excluding carboxylic acids is 2. The highest BCUT2D eigenvalue weighted by Gasteiger charge is 2.86. The first-order valence-electron chi connectivity index (χ1n) is 15.6. The molecule has 45 heavy (non-hydrogen) atoms. The second kappa shape index (κ2) is 12.5. The minimum absolute atomic E-state index is 0.183. The number of hydrogen-bond acceptors (Lipinski definition) is 9. The van der Waals surface area contributed by atoms with Gasteiger partial charge in [0.25, 0.3) is 0 Å². The lowest BCUT2D eigenvalue weighted by Crippen LogP contribution is -2.83. The van der Waals surface area contributed by atoms with Crippen molar-refractivity contribution in [2.24, 2.45) is 11.3 Å². The van der Waals surface area contributed by atoms with Gasteiger partial charge in [-0.2, -0.15) is 0 Å². The summed E-state index contributed by atoms with van der Waals surface area (Å²) in [6, 6.07) is 19.5. The molecule has 2 saturated carbocycles. The van der Waals surface area contributed by atoms with Crippen LogP contribution in [0.1, 0.15) is 65.5 Å². The van der Waals surface area contributed by atoms with Crippen molar-refractivity contribution in [2.75, 3.05) is 6.61 Å². The topological polar surface area (TPSA) is 110 Å². The Kier molecular flexibility index (Phi) is 9.21. The number of hydrogen-bond donors (Lipinski definition) is 1. The molecule has 5 rings (SSSR count). The molecule has 2 bridgehead atoms. The number of benzene rings is 2. The summed E-state index contributed by atoms with van der Waals surface area (Å²) >= 11 is 0. The average Bonchev–Trinajstić information content (AvgIpc) is 3.16. The standard InChI is InChI=1S/C36H46O9/c1-23(2)43-31-29-30(40-20-26-14-10-8-11-15-26)32(41-21-27-16-12-9-13-17-27)35(22-42-24(3)37)28(44-25(4)38)18-19-34(7,39)36(31,35)45-33(29,5)6/h8-17,28-32,39H,1,18-22H2,2-7H3/t28-,29+,30+,31+,32+,34-,35-,36-/m0/s1. The van der Waals surface area contributed by atoms with Gasteiger partial charge >= 0.3 is 11.9 Å². The zero-order chi connectivity index (χ0) is 32.6. The Balaban J connectivity index is 1.78. The predicted molar refractivity (Wildman–Crippen MR) is 166 cm³/mol. The third kappa shape index (κ3) is 5.80. The van der Waals surface area contributed by atoms with Gasteiger partial charge < -0.3 is 33.5 Å². The number of allylic oxidation sites excluding steroid dienone is 1. The summed E-state index contributed by atoms with van der Waals surface area (Å²) in [4.78, 5) is 25.3. The molecule has 0 radical (unpaired) electrons. The number of aliphatic hydroxyl groups is 1. The molecule has 1 aliphatic heterocycles. The minimum Gasteiger partial charge on any atom is -0.492 e. The summed E-state index contributed by atoms with van der Waals surface area (Å²) in [5, 5.41) is 12.5. The van der Waals surface area contributed by atoms with E-state index in [1.807, 2.05) is 74.5 Å². The van der Waals surface area contributed by atoms with Crippen LogP contribution in [0.15, 0.2) is 73.0 Å². The summed E-state index contributed by atoms with van der Waals surface area (Å²) in [7, 11) is 0. The molecule has 3 fully saturated rings. The van der Waals surface area contributed by atoms with E-state index in [0.717, 1.165) is 11.1 Å². The number of fused-ring (bicyclic) bond motifs is 1. The van der Waals surface area contributed by atoms with Crippen LogP contribution in [0.3, 0.4) is 0 Å². The van der Waals surface area contributed by atoms with Gasteiger partial charge in [0.15, 0.2) is 0 Å². The smallest absolute Gasteiger partial charge is 0.302 e. The van der Waals surface area contributed by atoms with Crippen LogP contribution in [0.4, 0.5) is 0 Å². The largest absolute Gasteiger partial charge is 0.492 e. The van der Waals surface area contributed by atoms with Crippen LogP contribution in [0.25, 0.3) is 0 Å². The number of esters is 2. The Bertz CT molecular complexity index is 1370. The first-order valence-corrected chi connectivity index (χ1v) is 15.6. The molecule has 2 aromatic carbocycles. The fourth-order valence-electron chi connectivity index (χ4n) is 8.18. The van der Waals surface area contributed by atoms with Gasteiger partial charge in [-0.1, -0.05) is 67.2 Å². The van der Waals surface area contributed by atoms with Gasteiger partial charge in [-0.3, -0.25) is 9.59 Å². The second-order valence-electron chi connectivity index (χ2n) is 13.4. The van der Waals surface area contributed by atoms with E-state index in [-0.39, 0.29) is 32.7 Å². The van der Waals surface area contributed by atoms with E-state index in [1.165, 1.54) is 13.8 Å². The van der Waals surface area contributed by atoms with Crippen molar-refractivity contribution >= 4 is 11.9 Å². The zero-order valence-corrected chi connectivity index (χ0v) is 27.1. The molecule has 1 heterocycles. The summed E-state index contributed by atoms with van der Waals surface area (Å²) in [6.45, 7) is 14.2. The van der Waals surface area contributed by atoms with Gasteiger partial charge in [0, 0.05) is 13.8 Å². The molecule has 0 unspecified atom stereocenters. The van der Waals surface area contributed by atoms with Gasteiger partial charge in [-0.25, -0.2) is 0 Å². The summed E-state index contributed by atoms with van der Waals surface area (Å²) in [5.74, 6) is -1.11. The zero-order valence-electron chi connectivity index (χ0n) is 27.1. The second-order valence-corrected chi connectivity index (χ2v) is 13.4. The molecular formula is C36H46O9. The maximum absolute atomic E-state index is 12.7. The van der Waals surface area contributed by atoms with Crippen molar-refractivity contribution < 1.29 is 43.1 Å². The van der Waals surface area contributed by atoms with E-state index in [0.29, 0.717) is 5.76 Å². The Labute approximate surface area is 265 Å². The van der Waals surface area contributed by atoms with E-state index in [9.17, 15) is 14.7 Å². The Hall–Kier alpha value is -3.24. The van der Waals surface area contributed by atoms with Crippen molar-refractivity contribution in [2.45, 2.75) is 109 Å². The van der Waals surface area contributed by atoms with Gasteiger partial charge in [-0.05, 0) is 51.7 Å². The summed E-state index contributed by atoms with van der Waals surface area (Å²) in [6.07, 6.45) is -2.82. The van der Waals surface area contributed by atoms with E-state index in [1.54, 1.807) is 13.8 Å². The molecule has 2 aliphatic carbocycles. The average molecular weight is 623 g/mol. The number of rotatable bonds is 11. The first-order chi connectivity index (χ1) is 21.2. The van der Waals surface area contributed by atoms with Crippen molar-refractivity contribution in [3.8, 4) is 0 Å². The van der Waals surface area contributed by atoms with Crippen LogP contribution < -0.4 is 0 Å². The SMILES string of the molecule is C=C(C)O[C@@H]1[C@H]2[C@@H](OCc3ccccc3)[C@@H](OCc3ccccc3)[C@]3(COC(C)=O)[C@@H](OC(C)=O)CC[C@](C)(O)[C@@]13OC2(C)C. The van der Waals surface area contributed by atoms with Crippen LogP contribution in [-0.4, -0.2) is 64.9 Å². The highest BCUT2D eigenvalue weighted by atomic mass is 16.6. The number of carbonyl (C=O) groups is 2. The molecule has 1 N–H and O–H groups in total. The van der Waals surface area contributed by atoms with Crippen LogP contribution in [-0.2, 0) is 51.2 Å². The lowest BCUT2D eigenvalue weighted by molar-refractivity contribution is -0.358. The fraction of sp³-hybridized carbons (Fsp3) is 0.556. The monoisotopic (exact) mass is 622 g/mol. The Morgan fingerprint density at radius 3 is 1.98 bits per heavy atom. The fourth-order valence-corrected chi connectivity index (χ4v) is 8.18. The maximum Gasteiger partial charge on any atom is 0.302 e. The van der Waals surface area contributed by atoms with Crippen molar-refractivity contribution in [3.63, 3.8) is 0 Å². The molecule has 8 atom stereocenters. The highest BCUT2D eigenvalue weighted by molar-refractivity contribution is 5.67. The van der Waals surface area contributed by atoms with Crippen molar-refractivity contribution in [3.05, 3.63) is 84.1 Å². The van der Waals surface area contributed by atoms with Gasteiger partial charge in [0.2, 0.25) is 0 Å². The molecule has 9 heteroatoms. The molecule has 2 aromatic rings. The molecule has 1 spiro atoms. The summed E-state index contributed by atoms with van der Waals surface area (Å²) < 4.78 is 39.5. The van der Waals surface area contributed by atoms with E-state index >= 15 is 0 Å². The number of ether oxygens (including phenoxy) is 6. The quantitative estimate of drug-likeness (QED) is 0.264. The lowest BCUT2D eigenvalue weighted by atomic mass is 9.46.